The van der Waals surface area contributed by atoms with Gasteiger partial charge in [-0.15, -0.1) is 0 Å². The van der Waals surface area contributed by atoms with Crippen molar-refractivity contribution >= 4 is 11.7 Å². The molecule has 72 valence electrons. The van der Waals surface area contributed by atoms with Crippen molar-refractivity contribution in [3.8, 4) is 6.07 Å². The second-order valence-electron chi connectivity index (χ2n) is 2.92. The Balaban J connectivity index is 4.44. The molecular weight excluding hydrogens is 168 g/mol. The number of hydrogen-bond acceptors (Lipinski definition) is 4. The van der Waals surface area contributed by atoms with E-state index in [-0.39, 0.29) is 18.2 Å². The lowest BCUT2D eigenvalue weighted by atomic mass is 9.96. The first-order chi connectivity index (χ1) is 6.04. The van der Waals surface area contributed by atoms with Crippen LogP contribution in [-0.4, -0.2) is 18.3 Å². The van der Waals surface area contributed by atoms with E-state index in [1.165, 1.54) is 0 Å². The van der Waals surface area contributed by atoms with Crippen molar-refractivity contribution in [2.24, 2.45) is 11.8 Å². The van der Waals surface area contributed by atoms with E-state index in [4.69, 9.17) is 10.7 Å². The number of carbonyl (C=O) groups is 1. The van der Waals surface area contributed by atoms with E-state index in [2.05, 4.69) is 4.74 Å². The SMILES string of the molecule is CCOC(=O)C(C#N)C(=N)C(C)C. The third-order valence-electron chi connectivity index (χ3n) is 1.58. The first-order valence-electron chi connectivity index (χ1n) is 4.19. The Morgan fingerprint density at radius 2 is 2.15 bits per heavy atom. The second kappa shape index (κ2) is 5.31. The summed E-state index contributed by atoms with van der Waals surface area (Å²) < 4.78 is 4.66. The van der Waals surface area contributed by atoms with Crippen LogP contribution in [0.5, 0.6) is 0 Å². The average Bonchev–Trinajstić information content (AvgIpc) is 2.05. The molecule has 0 aliphatic carbocycles. The minimum absolute atomic E-state index is 0.103. The largest absolute Gasteiger partial charge is 0.465 e. The maximum atomic E-state index is 11.1. The van der Waals surface area contributed by atoms with Gasteiger partial charge in [0.1, 0.15) is 0 Å². The zero-order valence-corrected chi connectivity index (χ0v) is 8.13. The number of nitriles is 1. The Labute approximate surface area is 78.0 Å². The normalized spacial score (nSPS) is 11.9. The van der Waals surface area contributed by atoms with Gasteiger partial charge in [0.05, 0.1) is 12.7 Å². The number of nitrogens with one attached hydrogen (secondary N) is 1. The zero-order chi connectivity index (χ0) is 10.4. The van der Waals surface area contributed by atoms with Crippen molar-refractivity contribution in [1.29, 1.82) is 10.7 Å². The Hall–Kier alpha value is -1.37. The van der Waals surface area contributed by atoms with Crippen LogP contribution in [-0.2, 0) is 9.53 Å². The van der Waals surface area contributed by atoms with Crippen LogP contribution in [0.4, 0.5) is 0 Å². The summed E-state index contributed by atoms with van der Waals surface area (Å²) in [4.78, 5) is 11.1. The van der Waals surface area contributed by atoms with E-state index in [1.54, 1.807) is 26.8 Å². The van der Waals surface area contributed by atoms with Crippen LogP contribution in [0.15, 0.2) is 0 Å². The van der Waals surface area contributed by atoms with Crippen LogP contribution in [0.25, 0.3) is 0 Å². The summed E-state index contributed by atoms with van der Waals surface area (Å²) in [6, 6.07) is 1.77. The highest BCUT2D eigenvalue weighted by atomic mass is 16.5. The van der Waals surface area contributed by atoms with Crippen LogP contribution < -0.4 is 0 Å². The maximum Gasteiger partial charge on any atom is 0.329 e. The van der Waals surface area contributed by atoms with E-state index in [1.807, 2.05) is 0 Å². The molecule has 0 radical (unpaired) electrons. The molecule has 0 bridgehead atoms. The van der Waals surface area contributed by atoms with Gasteiger partial charge in [-0.1, -0.05) is 13.8 Å². The number of rotatable bonds is 4. The number of esters is 1. The third kappa shape index (κ3) is 3.24. The molecule has 1 N–H and O–H groups in total. The molecule has 4 heteroatoms. The van der Waals surface area contributed by atoms with Crippen LogP contribution >= 0.6 is 0 Å². The van der Waals surface area contributed by atoms with E-state index in [9.17, 15) is 4.79 Å². The Kier molecular flexibility index (Phi) is 4.75. The van der Waals surface area contributed by atoms with Gasteiger partial charge in [0.15, 0.2) is 5.92 Å². The lowest BCUT2D eigenvalue weighted by molar-refractivity contribution is -0.144. The summed E-state index contributed by atoms with van der Waals surface area (Å²) in [5.41, 5.74) is 0.112. The zero-order valence-electron chi connectivity index (χ0n) is 8.13. The quantitative estimate of drug-likeness (QED) is 0.527. The highest BCUT2D eigenvalue weighted by molar-refractivity contribution is 6.03. The van der Waals surface area contributed by atoms with E-state index >= 15 is 0 Å². The maximum absolute atomic E-state index is 11.1. The van der Waals surface area contributed by atoms with Gasteiger partial charge in [-0.25, -0.2) is 0 Å². The molecule has 0 saturated carbocycles. The van der Waals surface area contributed by atoms with Crippen molar-refractivity contribution in [2.75, 3.05) is 6.61 Å². The van der Waals surface area contributed by atoms with Gasteiger partial charge in [-0.3, -0.25) is 4.79 Å². The lowest BCUT2D eigenvalue weighted by Crippen LogP contribution is -2.27. The minimum atomic E-state index is -1.04. The average molecular weight is 182 g/mol. The first kappa shape index (κ1) is 11.6. The fraction of sp³-hybridized carbons (Fsp3) is 0.667. The van der Waals surface area contributed by atoms with Gasteiger partial charge < -0.3 is 10.1 Å². The van der Waals surface area contributed by atoms with Crippen LogP contribution in [0, 0.1) is 28.6 Å². The minimum Gasteiger partial charge on any atom is -0.465 e. The van der Waals surface area contributed by atoms with Gasteiger partial charge in [0.25, 0.3) is 0 Å². The Bertz CT molecular complexity index is 240. The predicted octanol–water partition coefficient (Wildman–Crippen LogP) is 1.37. The van der Waals surface area contributed by atoms with Crippen molar-refractivity contribution in [2.45, 2.75) is 20.8 Å². The lowest BCUT2D eigenvalue weighted by Gasteiger charge is -2.11. The molecule has 0 aromatic heterocycles. The summed E-state index contributed by atoms with van der Waals surface area (Å²) in [5, 5.41) is 16.1. The van der Waals surface area contributed by atoms with Crippen LogP contribution in [0.1, 0.15) is 20.8 Å². The smallest absolute Gasteiger partial charge is 0.329 e. The molecule has 13 heavy (non-hydrogen) atoms. The summed E-state index contributed by atoms with van der Waals surface area (Å²) in [7, 11) is 0. The summed E-state index contributed by atoms with van der Waals surface area (Å²) in [6.07, 6.45) is 0. The standard InChI is InChI=1S/C9H14N2O2/c1-4-13-9(12)7(5-10)8(11)6(2)3/h6-7,11H,4H2,1-3H3. The molecule has 0 aromatic rings. The summed E-state index contributed by atoms with van der Waals surface area (Å²) in [5.74, 6) is -1.77. The highest BCUT2D eigenvalue weighted by Gasteiger charge is 2.25. The molecule has 0 saturated heterocycles. The third-order valence-corrected chi connectivity index (χ3v) is 1.58. The van der Waals surface area contributed by atoms with Crippen molar-refractivity contribution in [1.82, 2.24) is 0 Å². The molecule has 0 aliphatic rings. The Morgan fingerprint density at radius 3 is 2.46 bits per heavy atom. The number of hydrogen-bond donors (Lipinski definition) is 1. The van der Waals surface area contributed by atoms with Gasteiger partial charge in [-0.2, -0.15) is 5.26 Å². The molecule has 1 unspecified atom stereocenters. The number of nitrogens with zero attached hydrogens (tertiary/aromatic N) is 1. The van der Waals surface area contributed by atoms with Crippen molar-refractivity contribution < 1.29 is 9.53 Å². The molecular formula is C9H14N2O2. The molecule has 0 rings (SSSR count). The number of carbonyl (C=O) groups excluding carboxylic acids is 1. The molecule has 0 amide bonds. The summed E-state index contributed by atoms with van der Waals surface area (Å²) >= 11 is 0. The second-order valence-corrected chi connectivity index (χ2v) is 2.92. The van der Waals surface area contributed by atoms with E-state index in [0.29, 0.717) is 0 Å². The predicted molar refractivity (Wildman–Crippen MR) is 48.3 cm³/mol. The molecule has 0 aromatic carbocycles. The molecule has 0 aliphatic heterocycles. The molecule has 1 atom stereocenters. The topological polar surface area (TPSA) is 73.9 Å². The van der Waals surface area contributed by atoms with Gasteiger partial charge in [-0.05, 0) is 12.8 Å². The molecule has 0 fully saturated rings. The number of ether oxygens (including phenoxy) is 1. The molecule has 0 heterocycles. The summed E-state index contributed by atoms with van der Waals surface area (Å²) in [6.45, 7) is 5.45. The monoisotopic (exact) mass is 182 g/mol. The first-order valence-corrected chi connectivity index (χ1v) is 4.19. The van der Waals surface area contributed by atoms with Gasteiger partial charge in [0, 0.05) is 5.71 Å². The van der Waals surface area contributed by atoms with E-state index < -0.39 is 11.9 Å². The van der Waals surface area contributed by atoms with Crippen molar-refractivity contribution in [3.63, 3.8) is 0 Å². The molecule has 0 spiro atoms. The fourth-order valence-corrected chi connectivity index (χ4v) is 0.808. The van der Waals surface area contributed by atoms with Gasteiger partial charge in [0.2, 0.25) is 0 Å². The van der Waals surface area contributed by atoms with Gasteiger partial charge >= 0.3 is 5.97 Å². The molecule has 4 nitrogen and oxygen atoms in total. The van der Waals surface area contributed by atoms with Crippen LogP contribution in [0.2, 0.25) is 0 Å². The highest BCUT2D eigenvalue weighted by Crippen LogP contribution is 2.08. The Morgan fingerprint density at radius 1 is 1.62 bits per heavy atom. The fourth-order valence-electron chi connectivity index (χ4n) is 0.808. The van der Waals surface area contributed by atoms with Crippen LogP contribution in [0.3, 0.4) is 0 Å². The van der Waals surface area contributed by atoms with Crippen molar-refractivity contribution in [3.05, 3.63) is 0 Å². The van der Waals surface area contributed by atoms with E-state index in [0.717, 1.165) is 0 Å².